The minimum Gasteiger partial charge on any atom is -0.455 e. The Hall–Kier alpha value is -2.67. The summed E-state index contributed by atoms with van der Waals surface area (Å²) in [5.74, 6) is -3.03. The number of nitriles is 1. The molecule has 0 N–H and O–H groups in total. The van der Waals surface area contributed by atoms with E-state index in [1.807, 2.05) is 0 Å². The lowest BCUT2D eigenvalue weighted by Gasteiger charge is -2.24. The minimum atomic E-state index is -1.47. The SMILES string of the molecule is CC(=O)OC(C#N)[C@H]1OC(OC(C)=O)[C@@H](OC(C)=O)[C@@H]1OC(C)=O. The molecule has 24 heavy (non-hydrogen) atoms. The summed E-state index contributed by atoms with van der Waals surface area (Å²) in [6, 6.07) is 1.69. The molecule has 2 unspecified atom stereocenters. The van der Waals surface area contributed by atoms with Gasteiger partial charge in [-0.3, -0.25) is 19.2 Å². The van der Waals surface area contributed by atoms with Crippen LogP contribution in [0, 0.1) is 11.3 Å². The van der Waals surface area contributed by atoms with E-state index in [-0.39, 0.29) is 0 Å². The zero-order valence-electron chi connectivity index (χ0n) is 13.5. The number of esters is 4. The van der Waals surface area contributed by atoms with Gasteiger partial charge in [0.25, 0.3) is 0 Å². The molecule has 1 rings (SSSR count). The molecule has 10 heteroatoms. The molecule has 0 radical (unpaired) electrons. The van der Waals surface area contributed by atoms with E-state index in [2.05, 4.69) is 0 Å². The smallest absolute Gasteiger partial charge is 0.305 e. The second-order valence-corrected chi connectivity index (χ2v) is 4.89. The van der Waals surface area contributed by atoms with Crippen LogP contribution in [0.1, 0.15) is 27.7 Å². The molecule has 0 aliphatic carbocycles. The number of hydrogen-bond acceptors (Lipinski definition) is 10. The minimum absolute atomic E-state index is 0.750. The molecule has 0 aromatic heterocycles. The van der Waals surface area contributed by atoms with Crippen LogP contribution in [0.4, 0.5) is 0 Å². The topological polar surface area (TPSA) is 138 Å². The molecule has 0 bridgehead atoms. The molecular formula is C14H17NO9. The van der Waals surface area contributed by atoms with Crippen LogP contribution in [0.15, 0.2) is 0 Å². The van der Waals surface area contributed by atoms with Gasteiger partial charge in [0.1, 0.15) is 6.07 Å². The summed E-state index contributed by atoms with van der Waals surface area (Å²) < 4.78 is 25.1. The predicted octanol–water partition coefficient (Wildman–Crippen LogP) is -0.407. The fourth-order valence-corrected chi connectivity index (χ4v) is 2.14. The highest BCUT2D eigenvalue weighted by atomic mass is 16.8. The summed E-state index contributed by atoms with van der Waals surface area (Å²) in [5.41, 5.74) is 0. The fraction of sp³-hybridized carbons (Fsp3) is 0.643. The largest absolute Gasteiger partial charge is 0.455 e. The molecule has 1 aliphatic rings. The van der Waals surface area contributed by atoms with Gasteiger partial charge in [0.2, 0.25) is 18.5 Å². The zero-order valence-corrected chi connectivity index (χ0v) is 13.5. The molecule has 0 saturated carbocycles. The first-order valence-corrected chi connectivity index (χ1v) is 6.89. The quantitative estimate of drug-likeness (QED) is 0.478. The average molecular weight is 343 g/mol. The van der Waals surface area contributed by atoms with Crippen molar-refractivity contribution in [3.05, 3.63) is 0 Å². The third-order valence-corrected chi connectivity index (χ3v) is 2.81. The molecular weight excluding hydrogens is 326 g/mol. The van der Waals surface area contributed by atoms with E-state index >= 15 is 0 Å². The lowest BCUT2D eigenvalue weighted by molar-refractivity contribution is -0.199. The Labute approximate surface area is 137 Å². The Kier molecular flexibility index (Phi) is 6.67. The first-order chi connectivity index (χ1) is 11.1. The third-order valence-electron chi connectivity index (χ3n) is 2.81. The van der Waals surface area contributed by atoms with Crippen molar-refractivity contribution in [2.45, 2.75) is 58.4 Å². The van der Waals surface area contributed by atoms with E-state index in [1.54, 1.807) is 6.07 Å². The maximum absolute atomic E-state index is 11.3. The molecule has 1 fully saturated rings. The highest BCUT2D eigenvalue weighted by Gasteiger charge is 2.54. The molecule has 0 aromatic carbocycles. The maximum Gasteiger partial charge on any atom is 0.305 e. The van der Waals surface area contributed by atoms with Crippen LogP contribution >= 0.6 is 0 Å². The van der Waals surface area contributed by atoms with Gasteiger partial charge >= 0.3 is 23.9 Å². The number of carbonyl (C=O) groups is 4. The second-order valence-electron chi connectivity index (χ2n) is 4.89. The van der Waals surface area contributed by atoms with Crippen LogP contribution < -0.4 is 0 Å². The third kappa shape index (κ3) is 5.20. The summed E-state index contributed by atoms with van der Waals surface area (Å²) in [4.78, 5) is 44.9. The summed E-state index contributed by atoms with van der Waals surface area (Å²) >= 11 is 0. The lowest BCUT2D eigenvalue weighted by atomic mass is 10.1. The van der Waals surface area contributed by atoms with Crippen molar-refractivity contribution in [1.29, 1.82) is 5.26 Å². The van der Waals surface area contributed by atoms with Gasteiger partial charge < -0.3 is 23.7 Å². The van der Waals surface area contributed by atoms with E-state index in [4.69, 9.17) is 28.9 Å². The van der Waals surface area contributed by atoms with Crippen molar-refractivity contribution in [2.75, 3.05) is 0 Å². The van der Waals surface area contributed by atoms with Crippen molar-refractivity contribution in [1.82, 2.24) is 0 Å². The summed E-state index contributed by atoms with van der Waals surface area (Å²) in [6.07, 6.45) is -6.82. The highest BCUT2D eigenvalue weighted by Crippen LogP contribution is 2.31. The van der Waals surface area contributed by atoms with Crippen molar-refractivity contribution >= 4 is 23.9 Å². The average Bonchev–Trinajstić information content (AvgIpc) is 2.72. The fourth-order valence-electron chi connectivity index (χ4n) is 2.14. The number of ether oxygens (including phenoxy) is 5. The van der Waals surface area contributed by atoms with Crippen molar-refractivity contribution < 1.29 is 42.9 Å². The molecule has 132 valence electrons. The molecule has 1 heterocycles. The van der Waals surface area contributed by atoms with Crippen molar-refractivity contribution in [2.24, 2.45) is 0 Å². The van der Waals surface area contributed by atoms with Gasteiger partial charge in [0, 0.05) is 27.7 Å². The van der Waals surface area contributed by atoms with Gasteiger partial charge in [0.05, 0.1) is 0 Å². The highest BCUT2D eigenvalue weighted by molar-refractivity contribution is 5.69. The number of hydrogen-bond donors (Lipinski definition) is 0. The van der Waals surface area contributed by atoms with Crippen LogP contribution in [0.3, 0.4) is 0 Å². The van der Waals surface area contributed by atoms with Gasteiger partial charge in [-0.05, 0) is 0 Å². The standard InChI is InChI=1S/C14H17NO9/c1-6(16)20-10(5-15)11-12(21-7(2)17)13(22-8(3)18)14(24-11)23-9(4)19/h10-14H,1-4H3/t10?,11-,12-,13+,14?/m1/s1. The van der Waals surface area contributed by atoms with Crippen LogP contribution in [0.25, 0.3) is 0 Å². The van der Waals surface area contributed by atoms with Crippen molar-refractivity contribution in [3.63, 3.8) is 0 Å². The Morgan fingerprint density at radius 3 is 1.79 bits per heavy atom. The van der Waals surface area contributed by atoms with Crippen LogP contribution in [0.2, 0.25) is 0 Å². The molecule has 1 aliphatic heterocycles. The van der Waals surface area contributed by atoms with Crippen LogP contribution in [0.5, 0.6) is 0 Å². The summed E-state index contributed by atoms with van der Waals surface area (Å²) in [6.45, 7) is 4.36. The van der Waals surface area contributed by atoms with E-state index in [0.717, 1.165) is 27.7 Å². The zero-order chi connectivity index (χ0) is 18.4. The Bertz CT molecular complexity index is 567. The molecule has 10 nitrogen and oxygen atoms in total. The van der Waals surface area contributed by atoms with E-state index < -0.39 is 54.6 Å². The van der Waals surface area contributed by atoms with Gasteiger partial charge in [-0.15, -0.1) is 0 Å². The number of nitrogens with zero attached hydrogens (tertiary/aromatic N) is 1. The lowest BCUT2D eigenvalue weighted by Crippen LogP contribution is -2.44. The second kappa shape index (κ2) is 8.26. The van der Waals surface area contributed by atoms with Gasteiger partial charge in [0.15, 0.2) is 12.2 Å². The Morgan fingerprint density at radius 1 is 0.875 bits per heavy atom. The monoisotopic (exact) mass is 343 g/mol. The van der Waals surface area contributed by atoms with Gasteiger partial charge in [-0.1, -0.05) is 0 Å². The Morgan fingerprint density at radius 2 is 1.38 bits per heavy atom. The van der Waals surface area contributed by atoms with E-state index in [1.165, 1.54) is 0 Å². The van der Waals surface area contributed by atoms with Gasteiger partial charge in [-0.25, -0.2) is 0 Å². The van der Waals surface area contributed by atoms with Gasteiger partial charge in [-0.2, -0.15) is 5.26 Å². The van der Waals surface area contributed by atoms with Crippen molar-refractivity contribution in [3.8, 4) is 6.07 Å². The predicted molar refractivity (Wildman–Crippen MR) is 72.7 cm³/mol. The van der Waals surface area contributed by atoms with Crippen LogP contribution in [-0.2, 0) is 42.9 Å². The number of rotatable bonds is 5. The van der Waals surface area contributed by atoms with E-state index in [0.29, 0.717) is 0 Å². The molecule has 5 atom stereocenters. The molecule has 0 spiro atoms. The normalized spacial score (nSPS) is 26.6. The molecule has 0 aromatic rings. The maximum atomic E-state index is 11.3. The van der Waals surface area contributed by atoms with Crippen LogP contribution in [-0.4, -0.2) is 54.6 Å². The summed E-state index contributed by atoms with van der Waals surface area (Å²) in [5, 5.41) is 9.16. The molecule has 1 saturated heterocycles. The number of carbonyl (C=O) groups excluding carboxylic acids is 4. The first kappa shape index (κ1) is 19.4. The Balaban J connectivity index is 3.16. The van der Waals surface area contributed by atoms with E-state index in [9.17, 15) is 19.2 Å². The summed E-state index contributed by atoms with van der Waals surface area (Å²) in [7, 11) is 0. The molecule has 0 amide bonds. The first-order valence-electron chi connectivity index (χ1n) is 6.89.